The number of carbonyl (C=O) groups excluding carboxylic acids is 2. The van der Waals surface area contributed by atoms with E-state index >= 15 is 0 Å². The van der Waals surface area contributed by atoms with Crippen molar-refractivity contribution < 1.29 is 22.7 Å². The number of anilines is 2. The number of benzene rings is 3. The molecule has 44 heavy (non-hydrogen) atoms. The SMILES string of the molecule is Cc1nnc(NS(=O)(=O)c2ccc(NC(=O)COC(=O)c3c4c(nc5ccccc35)CCN(Cc3ccccc3)C4)cc2)s1. The van der Waals surface area contributed by atoms with E-state index in [-0.39, 0.29) is 10.0 Å². The van der Waals surface area contributed by atoms with Gasteiger partial charge in [0.1, 0.15) is 5.01 Å². The molecule has 0 saturated heterocycles. The number of amides is 1. The lowest BCUT2D eigenvalue weighted by atomic mass is 9.95. The van der Waals surface area contributed by atoms with Crippen molar-refractivity contribution >= 4 is 55.0 Å². The maximum atomic E-state index is 13.5. The Bertz CT molecular complexity index is 1950. The number of nitrogens with zero attached hydrogens (tertiary/aromatic N) is 4. The highest BCUT2D eigenvalue weighted by atomic mass is 32.2. The Morgan fingerprint density at radius 3 is 2.48 bits per heavy atom. The third kappa shape index (κ3) is 6.59. The second kappa shape index (κ2) is 12.5. The van der Waals surface area contributed by atoms with Crippen LogP contribution in [0.2, 0.25) is 0 Å². The summed E-state index contributed by atoms with van der Waals surface area (Å²) in [6.45, 7) is 3.28. The lowest BCUT2D eigenvalue weighted by molar-refractivity contribution is -0.119. The van der Waals surface area contributed by atoms with E-state index in [9.17, 15) is 18.0 Å². The molecule has 224 valence electrons. The van der Waals surface area contributed by atoms with Crippen molar-refractivity contribution in [3.05, 3.63) is 106 Å². The molecule has 2 aromatic heterocycles. The maximum Gasteiger partial charge on any atom is 0.339 e. The van der Waals surface area contributed by atoms with E-state index in [4.69, 9.17) is 9.72 Å². The Kier molecular flexibility index (Phi) is 8.33. The average Bonchev–Trinajstić information content (AvgIpc) is 3.43. The predicted octanol–water partition coefficient (Wildman–Crippen LogP) is 4.55. The van der Waals surface area contributed by atoms with Gasteiger partial charge in [0.05, 0.1) is 16.0 Å². The molecule has 0 fully saturated rings. The molecule has 0 bridgehead atoms. The Labute approximate surface area is 258 Å². The van der Waals surface area contributed by atoms with Crippen molar-refractivity contribution in [2.45, 2.75) is 31.3 Å². The standard InChI is InChI=1S/C31H28N6O5S2/c1-20-34-35-31(43-20)36-44(40,41)23-13-11-22(12-14-23)32-28(38)19-42-30(39)29-24-9-5-6-10-26(24)33-27-15-16-37(18-25(27)29)17-21-7-3-2-4-8-21/h2-14H,15-19H2,1H3,(H,32,38)(H,35,36). The van der Waals surface area contributed by atoms with Gasteiger partial charge in [-0.2, -0.15) is 0 Å². The number of nitrogens with one attached hydrogen (secondary N) is 2. The van der Waals surface area contributed by atoms with Crippen LogP contribution in [0.15, 0.2) is 83.8 Å². The van der Waals surface area contributed by atoms with Crippen molar-refractivity contribution in [1.82, 2.24) is 20.1 Å². The Balaban J connectivity index is 1.13. The lowest BCUT2D eigenvalue weighted by Gasteiger charge is -2.30. The van der Waals surface area contributed by atoms with E-state index in [0.717, 1.165) is 35.7 Å². The maximum absolute atomic E-state index is 13.5. The van der Waals surface area contributed by atoms with E-state index in [1.54, 1.807) is 6.92 Å². The van der Waals surface area contributed by atoms with Gasteiger partial charge in [-0.3, -0.25) is 19.4 Å². The molecule has 2 N–H and O–H groups in total. The topological polar surface area (TPSA) is 143 Å². The molecule has 11 nitrogen and oxygen atoms in total. The largest absolute Gasteiger partial charge is 0.452 e. The summed E-state index contributed by atoms with van der Waals surface area (Å²) in [6, 6.07) is 23.2. The minimum atomic E-state index is -3.88. The second-order valence-electron chi connectivity index (χ2n) is 10.3. The molecule has 0 radical (unpaired) electrons. The first kappa shape index (κ1) is 29.4. The molecule has 0 unspecified atom stereocenters. The first-order chi connectivity index (χ1) is 21.2. The van der Waals surface area contributed by atoms with Gasteiger partial charge in [0.15, 0.2) is 6.61 Å². The molecule has 0 aliphatic carbocycles. The second-order valence-corrected chi connectivity index (χ2v) is 13.1. The summed E-state index contributed by atoms with van der Waals surface area (Å²) in [5, 5.41) is 11.7. The van der Waals surface area contributed by atoms with Crippen LogP contribution in [0.3, 0.4) is 0 Å². The van der Waals surface area contributed by atoms with Crippen molar-refractivity contribution in [3.63, 3.8) is 0 Å². The summed E-state index contributed by atoms with van der Waals surface area (Å²) in [6.07, 6.45) is 0.690. The minimum Gasteiger partial charge on any atom is -0.452 e. The van der Waals surface area contributed by atoms with Crippen LogP contribution in [-0.4, -0.2) is 53.5 Å². The quantitative estimate of drug-likeness (QED) is 0.225. The molecule has 5 aromatic rings. The molecule has 1 aliphatic heterocycles. The number of aryl methyl sites for hydroxylation is 1. The van der Waals surface area contributed by atoms with Crippen LogP contribution >= 0.6 is 11.3 Å². The normalized spacial score (nSPS) is 13.3. The lowest BCUT2D eigenvalue weighted by Crippen LogP contribution is -2.32. The van der Waals surface area contributed by atoms with Gasteiger partial charge in [-0.05, 0) is 42.8 Å². The minimum absolute atomic E-state index is 0.00886. The van der Waals surface area contributed by atoms with Gasteiger partial charge in [-0.15, -0.1) is 10.2 Å². The molecule has 13 heteroatoms. The number of sulfonamides is 1. The highest BCUT2D eigenvalue weighted by Gasteiger charge is 2.27. The van der Waals surface area contributed by atoms with Crippen LogP contribution in [-0.2, 0) is 39.1 Å². The van der Waals surface area contributed by atoms with Crippen molar-refractivity contribution in [2.75, 3.05) is 23.2 Å². The van der Waals surface area contributed by atoms with Gasteiger partial charge >= 0.3 is 5.97 Å². The van der Waals surface area contributed by atoms with Gasteiger partial charge in [0.2, 0.25) is 5.13 Å². The van der Waals surface area contributed by atoms with Crippen molar-refractivity contribution in [3.8, 4) is 0 Å². The van der Waals surface area contributed by atoms with Crippen molar-refractivity contribution in [1.29, 1.82) is 0 Å². The number of ether oxygens (including phenoxy) is 1. The summed E-state index contributed by atoms with van der Waals surface area (Å²) in [5.74, 6) is -1.16. The molecule has 1 aliphatic rings. The first-order valence-corrected chi connectivity index (χ1v) is 16.1. The van der Waals surface area contributed by atoms with Gasteiger partial charge < -0.3 is 10.1 Å². The molecule has 1 amide bonds. The number of esters is 1. The fraction of sp³-hybridized carbons (Fsp3) is 0.194. The van der Waals surface area contributed by atoms with Crippen LogP contribution in [0, 0.1) is 6.92 Å². The Morgan fingerprint density at radius 2 is 1.73 bits per heavy atom. The number of rotatable bonds is 9. The number of hydrogen-bond acceptors (Lipinski definition) is 10. The zero-order valence-corrected chi connectivity index (χ0v) is 25.3. The fourth-order valence-corrected chi connectivity index (χ4v) is 6.91. The summed E-state index contributed by atoms with van der Waals surface area (Å²) in [5.41, 5.74) is 4.31. The smallest absolute Gasteiger partial charge is 0.339 e. The molecule has 3 aromatic carbocycles. The van der Waals surface area contributed by atoms with Crippen LogP contribution in [0.25, 0.3) is 10.9 Å². The molecule has 6 rings (SSSR count). The zero-order chi connectivity index (χ0) is 30.7. The molecule has 3 heterocycles. The number of para-hydroxylation sites is 1. The Morgan fingerprint density at radius 1 is 0.977 bits per heavy atom. The van der Waals surface area contributed by atoms with E-state index in [1.807, 2.05) is 42.5 Å². The first-order valence-electron chi connectivity index (χ1n) is 13.8. The van der Waals surface area contributed by atoms with E-state index < -0.39 is 28.5 Å². The number of pyridine rings is 1. The zero-order valence-electron chi connectivity index (χ0n) is 23.7. The third-order valence-corrected chi connectivity index (χ3v) is 9.35. The van der Waals surface area contributed by atoms with Gasteiger partial charge in [0, 0.05) is 48.4 Å². The summed E-state index contributed by atoms with van der Waals surface area (Å²) >= 11 is 1.12. The number of aromatic nitrogens is 3. The van der Waals surface area contributed by atoms with E-state index in [2.05, 4.69) is 37.3 Å². The van der Waals surface area contributed by atoms with E-state index in [0.29, 0.717) is 40.1 Å². The number of hydrogen-bond donors (Lipinski definition) is 2. The monoisotopic (exact) mass is 628 g/mol. The summed E-state index contributed by atoms with van der Waals surface area (Å²) in [4.78, 5) is 33.3. The molecular weight excluding hydrogens is 601 g/mol. The fourth-order valence-electron chi connectivity index (χ4n) is 5.09. The number of fused-ring (bicyclic) bond motifs is 2. The van der Waals surface area contributed by atoms with Crippen LogP contribution in [0.1, 0.15) is 32.2 Å². The highest BCUT2D eigenvalue weighted by molar-refractivity contribution is 7.93. The Hall–Kier alpha value is -4.72. The highest BCUT2D eigenvalue weighted by Crippen LogP contribution is 2.29. The van der Waals surface area contributed by atoms with Crippen LogP contribution < -0.4 is 10.0 Å². The van der Waals surface area contributed by atoms with Gasteiger partial charge in [0.25, 0.3) is 15.9 Å². The van der Waals surface area contributed by atoms with E-state index in [1.165, 1.54) is 29.8 Å². The molecule has 0 spiro atoms. The number of carbonyl (C=O) groups is 2. The van der Waals surface area contributed by atoms with Gasteiger partial charge in [-0.25, -0.2) is 13.2 Å². The summed E-state index contributed by atoms with van der Waals surface area (Å²) in [7, 11) is -3.88. The van der Waals surface area contributed by atoms with Crippen LogP contribution in [0.5, 0.6) is 0 Å². The molecular formula is C31H28N6O5S2. The summed E-state index contributed by atoms with van der Waals surface area (Å²) < 4.78 is 33.2. The molecule has 0 atom stereocenters. The van der Waals surface area contributed by atoms with Gasteiger partial charge in [-0.1, -0.05) is 59.9 Å². The predicted molar refractivity (Wildman–Crippen MR) is 167 cm³/mol. The van der Waals surface area contributed by atoms with Crippen LogP contribution in [0.4, 0.5) is 10.8 Å². The third-order valence-electron chi connectivity index (χ3n) is 7.11. The average molecular weight is 629 g/mol. The molecule has 0 saturated carbocycles. The van der Waals surface area contributed by atoms with Crippen molar-refractivity contribution in [2.24, 2.45) is 0 Å².